The summed E-state index contributed by atoms with van der Waals surface area (Å²) in [7, 11) is 1.71. The molecule has 0 radical (unpaired) electrons. The Morgan fingerprint density at radius 1 is 1.18 bits per heavy atom. The second-order valence-electron chi connectivity index (χ2n) is 5.05. The lowest BCUT2D eigenvalue weighted by molar-refractivity contribution is -0.127. The minimum absolute atomic E-state index is 0.151. The van der Waals surface area contributed by atoms with Gasteiger partial charge >= 0.3 is 0 Å². The van der Waals surface area contributed by atoms with Crippen molar-refractivity contribution < 1.29 is 14.3 Å². The van der Waals surface area contributed by atoms with E-state index in [0.29, 0.717) is 6.61 Å². The quantitative estimate of drug-likeness (QED) is 0.677. The lowest BCUT2D eigenvalue weighted by Crippen LogP contribution is -2.36. The third-order valence-electron chi connectivity index (χ3n) is 3.62. The van der Waals surface area contributed by atoms with Crippen molar-refractivity contribution in [2.45, 2.75) is 64.6 Å². The zero-order valence-electron chi connectivity index (χ0n) is 11.8. The summed E-state index contributed by atoms with van der Waals surface area (Å²) in [4.78, 5) is 11.0. The molecule has 0 rings (SSSR count). The van der Waals surface area contributed by atoms with Crippen molar-refractivity contribution in [1.82, 2.24) is 0 Å². The Kier molecular flexibility index (Phi) is 6.72. The van der Waals surface area contributed by atoms with E-state index >= 15 is 0 Å². The van der Waals surface area contributed by atoms with Crippen LogP contribution in [0.1, 0.15) is 53.4 Å². The van der Waals surface area contributed by atoms with Crippen molar-refractivity contribution in [1.29, 1.82) is 0 Å². The molecule has 0 aromatic heterocycles. The first-order valence-electron chi connectivity index (χ1n) is 6.28. The van der Waals surface area contributed by atoms with Crippen LogP contribution in [0.4, 0.5) is 0 Å². The van der Waals surface area contributed by atoms with Gasteiger partial charge in [-0.25, -0.2) is 0 Å². The van der Waals surface area contributed by atoms with E-state index < -0.39 is 5.60 Å². The molecule has 4 heteroatoms. The molecule has 0 aliphatic heterocycles. The van der Waals surface area contributed by atoms with Gasteiger partial charge in [-0.15, -0.1) is 0 Å². The molecule has 0 spiro atoms. The molecule has 0 heterocycles. The van der Waals surface area contributed by atoms with Crippen molar-refractivity contribution in [2.75, 3.05) is 13.7 Å². The van der Waals surface area contributed by atoms with Crippen LogP contribution in [0.5, 0.6) is 0 Å². The van der Waals surface area contributed by atoms with Crippen LogP contribution >= 0.6 is 0 Å². The van der Waals surface area contributed by atoms with Crippen LogP contribution in [-0.4, -0.2) is 30.8 Å². The Labute approximate surface area is 105 Å². The first-order chi connectivity index (χ1) is 7.81. The van der Waals surface area contributed by atoms with Gasteiger partial charge in [-0.1, -0.05) is 13.8 Å². The molecule has 2 N–H and O–H groups in total. The van der Waals surface area contributed by atoms with E-state index in [4.69, 9.17) is 15.2 Å². The number of methoxy groups -OCH3 is 1. The molecule has 0 saturated heterocycles. The smallest absolute Gasteiger partial charge is 0.220 e. The lowest BCUT2D eigenvalue weighted by Gasteiger charge is -2.31. The van der Waals surface area contributed by atoms with Gasteiger partial charge < -0.3 is 15.2 Å². The maximum Gasteiger partial charge on any atom is 0.220 e. The van der Waals surface area contributed by atoms with Crippen LogP contribution < -0.4 is 5.73 Å². The summed E-state index contributed by atoms with van der Waals surface area (Å²) < 4.78 is 11.3. The Balaban J connectivity index is 4.20. The number of ether oxygens (including phenoxy) is 2. The van der Waals surface area contributed by atoms with E-state index in [0.717, 1.165) is 19.3 Å². The molecule has 2 atom stereocenters. The molecule has 0 bridgehead atoms. The summed E-state index contributed by atoms with van der Waals surface area (Å²) in [6.45, 7) is 8.65. The van der Waals surface area contributed by atoms with Gasteiger partial charge in [-0.3, -0.25) is 4.79 Å². The molecule has 17 heavy (non-hydrogen) atoms. The topological polar surface area (TPSA) is 61.5 Å². The number of nitrogens with two attached hydrogens (primary N) is 1. The third-order valence-corrected chi connectivity index (χ3v) is 3.62. The Bertz CT molecular complexity index is 239. The summed E-state index contributed by atoms with van der Waals surface area (Å²) in [5.41, 5.74) is 4.62. The van der Waals surface area contributed by atoms with Gasteiger partial charge in [-0.05, 0) is 33.1 Å². The molecule has 0 aliphatic carbocycles. The van der Waals surface area contributed by atoms with E-state index in [1.165, 1.54) is 0 Å². The van der Waals surface area contributed by atoms with Gasteiger partial charge in [0.05, 0.1) is 24.2 Å². The van der Waals surface area contributed by atoms with Crippen LogP contribution in [0.3, 0.4) is 0 Å². The molecule has 0 aromatic carbocycles. The van der Waals surface area contributed by atoms with Crippen molar-refractivity contribution in [2.24, 2.45) is 5.73 Å². The maximum atomic E-state index is 11.0. The Morgan fingerprint density at radius 2 is 1.71 bits per heavy atom. The zero-order chi connectivity index (χ0) is 13.5. The number of rotatable bonds is 9. The lowest BCUT2D eigenvalue weighted by atomic mass is 9.97. The summed E-state index contributed by atoms with van der Waals surface area (Å²) in [5, 5.41) is 0. The minimum atomic E-state index is -0.450. The molecule has 0 aliphatic rings. The zero-order valence-corrected chi connectivity index (χ0v) is 11.8. The highest BCUT2D eigenvalue weighted by molar-refractivity contribution is 5.74. The average Bonchev–Trinajstić information content (AvgIpc) is 2.28. The number of hydrogen-bond acceptors (Lipinski definition) is 3. The van der Waals surface area contributed by atoms with Crippen molar-refractivity contribution in [3.63, 3.8) is 0 Å². The second kappa shape index (κ2) is 6.97. The third kappa shape index (κ3) is 6.03. The fourth-order valence-electron chi connectivity index (χ4n) is 1.58. The second-order valence-corrected chi connectivity index (χ2v) is 5.05. The van der Waals surface area contributed by atoms with Crippen molar-refractivity contribution in [3.05, 3.63) is 0 Å². The van der Waals surface area contributed by atoms with Crippen LogP contribution in [0.25, 0.3) is 0 Å². The largest absolute Gasteiger partial charge is 0.378 e. The number of primary amides is 1. The highest BCUT2D eigenvalue weighted by Gasteiger charge is 2.27. The number of carbonyl (C=O) groups is 1. The van der Waals surface area contributed by atoms with Crippen LogP contribution in [0.2, 0.25) is 0 Å². The van der Waals surface area contributed by atoms with E-state index in [1.54, 1.807) is 7.11 Å². The van der Waals surface area contributed by atoms with E-state index in [-0.39, 0.29) is 17.9 Å². The normalized spacial score (nSPS) is 18.4. The SMILES string of the molecule is CCC(C)(CCOC(C)(CC)CC(N)=O)OC. The van der Waals surface area contributed by atoms with E-state index in [1.807, 2.05) is 13.8 Å². The molecule has 4 nitrogen and oxygen atoms in total. The molecule has 102 valence electrons. The van der Waals surface area contributed by atoms with Gasteiger partial charge in [0.25, 0.3) is 0 Å². The predicted molar refractivity (Wildman–Crippen MR) is 68.8 cm³/mol. The van der Waals surface area contributed by atoms with Gasteiger partial charge in [-0.2, -0.15) is 0 Å². The summed E-state index contributed by atoms with van der Waals surface area (Å²) in [5.74, 6) is -0.320. The Hall–Kier alpha value is -0.610. The fourth-order valence-corrected chi connectivity index (χ4v) is 1.58. The summed E-state index contributed by atoms with van der Waals surface area (Å²) in [6.07, 6.45) is 2.78. The van der Waals surface area contributed by atoms with Crippen LogP contribution in [0, 0.1) is 0 Å². The first kappa shape index (κ1) is 16.4. The molecule has 0 fully saturated rings. The van der Waals surface area contributed by atoms with Gasteiger partial charge in [0.15, 0.2) is 0 Å². The molecular formula is C13H27NO3. The number of carbonyl (C=O) groups excluding carboxylic acids is 1. The van der Waals surface area contributed by atoms with E-state index in [9.17, 15) is 4.79 Å². The maximum absolute atomic E-state index is 11.0. The first-order valence-corrected chi connectivity index (χ1v) is 6.28. The highest BCUT2D eigenvalue weighted by atomic mass is 16.5. The van der Waals surface area contributed by atoms with E-state index in [2.05, 4.69) is 13.8 Å². The molecule has 2 unspecified atom stereocenters. The highest BCUT2D eigenvalue weighted by Crippen LogP contribution is 2.23. The number of amides is 1. The standard InChI is InChI=1S/C13H27NO3/c1-6-12(3,16-5)8-9-17-13(4,7-2)10-11(14)15/h6-10H2,1-5H3,(H2,14,15). The van der Waals surface area contributed by atoms with Gasteiger partial charge in [0.2, 0.25) is 5.91 Å². The van der Waals surface area contributed by atoms with Gasteiger partial charge in [0, 0.05) is 7.11 Å². The molecule has 0 aromatic rings. The summed E-state index contributed by atoms with van der Waals surface area (Å²) >= 11 is 0. The molecule has 1 amide bonds. The van der Waals surface area contributed by atoms with Gasteiger partial charge in [0.1, 0.15) is 0 Å². The minimum Gasteiger partial charge on any atom is -0.378 e. The van der Waals surface area contributed by atoms with Crippen molar-refractivity contribution in [3.8, 4) is 0 Å². The predicted octanol–water partition coefficient (Wildman–Crippen LogP) is 2.25. The summed E-state index contributed by atoms with van der Waals surface area (Å²) in [6, 6.07) is 0. The molecule has 0 saturated carbocycles. The molecular weight excluding hydrogens is 218 g/mol. The number of hydrogen-bond donors (Lipinski definition) is 1. The fraction of sp³-hybridized carbons (Fsp3) is 0.923. The van der Waals surface area contributed by atoms with Crippen LogP contribution in [-0.2, 0) is 14.3 Å². The monoisotopic (exact) mass is 245 g/mol. The Morgan fingerprint density at radius 3 is 2.06 bits per heavy atom. The average molecular weight is 245 g/mol. The van der Waals surface area contributed by atoms with Crippen molar-refractivity contribution >= 4 is 5.91 Å². The van der Waals surface area contributed by atoms with Crippen LogP contribution in [0.15, 0.2) is 0 Å².